The van der Waals surface area contributed by atoms with E-state index in [1.54, 1.807) is 6.92 Å². The number of unbranched alkanes of at least 4 members (excludes halogenated alkanes) is 15. The van der Waals surface area contributed by atoms with Gasteiger partial charge in [-0.05, 0) is 13.3 Å². The summed E-state index contributed by atoms with van der Waals surface area (Å²) < 4.78 is 39.6. The van der Waals surface area contributed by atoms with Crippen molar-refractivity contribution in [1.82, 2.24) is 9.55 Å². The van der Waals surface area contributed by atoms with Gasteiger partial charge in [0.2, 0.25) is 0 Å². The molecule has 238 valence electrons. The standard InChI is InChI=1S/C29H53N2O9P/c1-3-4-5-6-7-8-9-10-11-12-13-14-15-16-17-18-19-36-20-21-38-41(34,35)39-24-27-37-23-26(40-27)31-22-25(2)28(32)30-29(31)33/h22,26-27H,3-21,23-24H2,1-2H3,(H,34,35)(H,30,32,33)/t26-,27-/m1/s1. The number of phosphoric acid groups is 1. The average molecular weight is 605 g/mol. The minimum absolute atomic E-state index is 0.0171. The van der Waals surface area contributed by atoms with Crippen molar-refractivity contribution in [2.45, 2.75) is 129 Å². The SMILES string of the molecule is CCCCCCCCCCCCCCCCCCOCCOP(=O)(O)OC[C@@H]1OC[C@H](n2cc(C)c(=O)[nH]c2=O)O1. The fourth-order valence-electron chi connectivity index (χ4n) is 4.73. The molecule has 2 rings (SSSR count). The number of hydrogen-bond acceptors (Lipinski definition) is 8. The van der Waals surface area contributed by atoms with Crippen molar-refractivity contribution in [3.63, 3.8) is 0 Å². The van der Waals surface area contributed by atoms with Gasteiger partial charge >= 0.3 is 13.5 Å². The summed E-state index contributed by atoms with van der Waals surface area (Å²) in [6, 6.07) is 0. The van der Waals surface area contributed by atoms with Crippen molar-refractivity contribution in [2.75, 3.05) is 33.0 Å². The molecule has 2 heterocycles. The van der Waals surface area contributed by atoms with Crippen LogP contribution in [-0.2, 0) is 27.8 Å². The molecule has 1 aliphatic heterocycles. The van der Waals surface area contributed by atoms with Crippen LogP contribution in [0, 0.1) is 6.92 Å². The van der Waals surface area contributed by atoms with Gasteiger partial charge in [0.1, 0.15) is 6.61 Å². The highest BCUT2D eigenvalue weighted by atomic mass is 31.2. The van der Waals surface area contributed by atoms with E-state index in [0.717, 1.165) is 12.8 Å². The lowest BCUT2D eigenvalue weighted by atomic mass is 10.0. The Morgan fingerprint density at radius 1 is 0.878 bits per heavy atom. The summed E-state index contributed by atoms with van der Waals surface area (Å²) in [7, 11) is -4.31. The zero-order chi connectivity index (χ0) is 29.8. The van der Waals surface area contributed by atoms with Gasteiger partial charge < -0.3 is 19.1 Å². The Labute approximate surface area is 244 Å². The first-order valence-corrected chi connectivity index (χ1v) is 17.1. The molecule has 2 N–H and O–H groups in total. The van der Waals surface area contributed by atoms with Crippen LogP contribution in [0.4, 0.5) is 0 Å². The molecule has 0 amide bonds. The number of rotatable bonds is 25. The smallest absolute Gasteiger partial charge is 0.379 e. The monoisotopic (exact) mass is 604 g/mol. The summed E-state index contributed by atoms with van der Waals surface area (Å²) in [5.41, 5.74) is -0.762. The molecule has 0 bridgehead atoms. The molecule has 0 saturated carbocycles. The van der Waals surface area contributed by atoms with Crippen LogP contribution in [0.15, 0.2) is 15.8 Å². The topological polar surface area (TPSA) is 138 Å². The van der Waals surface area contributed by atoms with Gasteiger partial charge in [-0.3, -0.25) is 23.4 Å². The van der Waals surface area contributed by atoms with E-state index in [0.29, 0.717) is 12.2 Å². The van der Waals surface area contributed by atoms with E-state index in [1.807, 2.05) is 0 Å². The molecule has 0 spiro atoms. The molecule has 1 saturated heterocycles. The van der Waals surface area contributed by atoms with Gasteiger partial charge in [0, 0.05) is 18.4 Å². The molecule has 1 aromatic rings. The number of nitrogens with zero attached hydrogens (tertiary/aromatic N) is 1. The summed E-state index contributed by atoms with van der Waals surface area (Å²) in [5.74, 6) is 0. The van der Waals surface area contributed by atoms with Crippen LogP contribution >= 0.6 is 7.82 Å². The van der Waals surface area contributed by atoms with Gasteiger partial charge in [0.15, 0.2) is 12.5 Å². The van der Waals surface area contributed by atoms with Crippen molar-refractivity contribution in [3.05, 3.63) is 32.6 Å². The van der Waals surface area contributed by atoms with E-state index < -0.39 is 31.6 Å². The molecule has 12 heteroatoms. The molecular weight excluding hydrogens is 551 g/mol. The normalized spacial score (nSPS) is 18.6. The third-order valence-electron chi connectivity index (χ3n) is 7.19. The van der Waals surface area contributed by atoms with Crippen LogP contribution in [0.25, 0.3) is 0 Å². The second-order valence-electron chi connectivity index (χ2n) is 10.8. The number of nitrogens with one attached hydrogen (secondary N) is 1. The third kappa shape index (κ3) is 16.2. The Kier molecular flexibility index (Phi) is 18.7. The van der Waals surface area contributed by atoms with E-state index in [-0.39, 0.29) is 26.4 Å². The first-order chi connectivity index (χ1) is 19.8. The van der Waals surface area contributed by atoms with E-state index >= 15 is 0 Å². The number of H-pyrrole nitrogens is 1. The zero-order valence-electron chi connectivity index (χ0n) is 25.2. The molecule has 0 aliphatic carbocycles. The largest absolute Gasteiger partial charge is 0.472 e. The van der Waals surface area contributed by atoms with Crippen LogP contribution in [0.3, 0.4) is 0 Å². The Morgan fingerprint density at radius 2 is 1.44 bits per heavy atom. The minimum Gasteiger partial charge on any atom is -0.379 e. The zero-order valence-corrected chi connectivity index (χ0v) is 26.1. The average Bonchev–Trinajstić information content (AvgIpc) is 3.42. The van der Waals surface area contributed by atoms with E-state index in [4.69, 9.17) is 23.3 Å². The molecule has 1 fully saturated rings. The summed E-state index contributed by atoms with van der Waals surface area (Å²) in [4.78, 5) is 35.6. The number of ether oxygens (including phenoxy) is 3. The Bertz CT molecular complexity index is 984. The Hall–Kier alpha value is -1.33. The predicted molar refractivity (Wildman–Crippen MR) is 158 cm³/mol. The number of hydrogen-bond donors (Lipinski definition) is 2. The van der Waals surface area contributed by atoms with Gasteiger partial charge in [-0.25, -0.2) is 9.36 Å². The lowest BCUT2D eigenvalue weighted by Gasteiger charge is -2.16. The fraction of sp³-hybridized carbons (Fsp3) is 0.862. The highest BCUT2D eigenvalue weighted by molar-refractivity contribution is 7.47. The summed E-state index contributed by atoms with van der Waals surface area (Å²) in [6.45, 7) is 4.20. The Balaban J connectivity index is 1.38. The quantitative estimate of drug-likeness (QED) is 0.0997. The fourth-order valence-corrected chi connectivity index (χ4v) is 5.42. The minimum atomic E-state index is -4.31. The van der Waals surface area contributed by atoms with E-state index in [1.165, 1.54) is 101 Å². The second kappa shape index (κ2) is 21.4. The number of phosphoric ester groups is 1. The maximum Gasteiger partial charge on any atom is 0.472 e. The lowest BCUT2D eigenvalue weighted by Crippen LogP contribution is -2.34. The molecule has 3 atom stereocenters. The second-order valence-corrected chi connectivity index (χ2v) is 12.3. The number of aromatic amines is 1. The van der Waals surface area contributed by atoms with Gasteiger partial charge in [-0.1, -0.05) is 103 Å². The predicted octanol–water partition coefficient (Wildman–Crippen LogP) is 6.13. The molecule has 1 aliphatic rings. The van der Waals surface area contributed by atoms with Crippen molar-refractivity contribution < 1.29 is 32.7 Å². The van der Waals surface area contributed by atoms with Crippen molar-refractivity contribution in [2.24, 2.45) is 0 Å². The third-order valence-corrected chi connectivity index (χ3v) is 8.17. The van der Waals surface area contributed by atoms with Crippen LogP contribution in [0.1, 0.15) is 121 Å². The van der Waals surface area contributed by atoms with Gasteiger partial charge in [-0.15, -0.1) is 0 Å². The van der Waals surface area contributed by atoms with E-state index in [9.17, 15) is 19.0 Å². The van der Waals surface area contributed by atoms with Crippen LogP contribution < -0.4 is 11.2 Å². The molecule has 0 aromatic carbocycles. The van der Waals surface area contributed by atoms with Crippen LogP contribution in [0.5, 0.6) is 0 Å². The van der Waals surface area contributed by atoms with Crippen molar-refractivity contribution in [3.8, 4) is 0 Å². The summed E-state index contributed by atoms with van der Waals surface area (Å²) >= 11 is 0. The molecule has 1 aromatic heterocycles. The van der Waals surface area contributed by atoms with Gasteiger partial charge in [0.25, 0.3) is 5.56 Å². The molecule has 1 unspecified atom stereocenters. The first-order valence-electron chi connectivity index (χ1n) is 15.6. The highest BCUT2D eigenvalue weighted by Gasteiger charge is 2.31. The van der Waals surface area contributed by atoms with Gasteiger partial charge in [-0.2, -0.15) is 0 Å². The highest BCUT2D eigenvalue weighted by Crippen LogP contribution is 2.43. The van der Waals surface area contributed by atoms with Crippen LogP contribution in [-0.4, -0.2) is 53.8 Å². The molecular formula is C29H53N2O9P. The van der Waals surface area contributed by atoms with E-state index in [2.05, 4.69) is 11.9 Å². The number of aromatic nitrogens is 2. The first kappa shape index (κ1) is 35.9. The van der Waals surface area contributed by atoms with Crippen LogP contribution in [0.2, 0.25) is 0 Å². The summed E-state index contributed by atoms with van der Waals surface area (Å²) in [6.07, 6.45) is 20.7. The lowest BCUT2D eigenvalue weighted by molar-refractivity contribution is -0.0988. The molecule has 0 radical (unpaired) electrons. The maximum atomic E-state index is 12.1. The molecule has 11 nitrogen and oxygen atoms in total. The summed E-state index contributed by atoms with van der Waals surface area (Å²) in [5, 5.41) is 0. The van der Waals surface area contributed by atoms with Crippen molar-refractivity contribution >= 4 is 7.82 Å². The number of aryl methyl sites for hydroxylation is 1. The van der Waals surface area contributed by atoms with Crippen molar-refractivity contribution in [1.29, 1.82) is 0 Å². The maximum absolute atomic E-state index is 12.1. The Morgan fingerprint density at radius 3 is 2.02 bits per heavy atom. The molecule has 41 heavy (non-hydrogen) atoms. The van der Waals surface area contributed by atoms with Gasteiger partial charge in [0.05, 0.1) is 19.8 Å².